The smallest absolute Gasteiger partial charge is 0.149 e. The van der Waals surface area contributed by atoms with Gasteiger partial charge in [-0.05, 0) is 6.08 Å². The lowest BCUT2D eigenvalue weighted by molar-refractivity contribution is 0.101. The molecule has 0 aromatic heterocycles. The van der Waals surface area contributed by atoms with Gasteiger partial charge in [0.2, 0.25) is 0 Å². The molecular weight excluding hydrogens is 128 g/mol. The van der Waals surface area contributed by atoms with Gasteiger partial charge < -0.3 is 9.47 Å². The number of rotatable bonds is 6. The first-order valence-electron chi connectivity index (χ1n) is 2.96. The van der Waals surface area contributed by atoms with Gasteiger partial charge in [0, 0.05) is 0 Å². The summed E-state index contributed by atoms with van der Waals surface area (Å²) in [5.74, 6) is 0. The Morgan fingerprint density at radius 1 is 1.20 bits per heavy atom. The van der Waals surface area contributed by atoms with Crippen molar-refractivity contribution in [1.29, 1.82) is 0 Å². The average molecular weight is 140 g/mol. The van der Waals surface area contributed by atoms with E-state index in [-0.39, 0.29) is 6.10 Å². The molecule has 0 N–H and O–H groups in total. The monoisotopic (exact) mass is 140 g/mol. The second kappa shape index (κ2) is 5.95. The topological polar surface area (TPSA) is 18.5 Å². The summed E-state index contributed by atoms with van der Waals surface area (Å²) >= 11 is 0. The Hall–Kier alpha value is -1.18. The normalized spacial score (nSPS) is 11.2. The highest BCUT2D eigenvalue weighted by Crippen LogP contribution is 1.94. The van der Waals surface area contributed by atoms with Gasteiger partial charge in [0.05, 0.1) is 12.5 Å². The predicted octanol–water partition coefficient (Wildman–Crippen LogP) is 1.86. The predicted molar refractivity (Wildman–Crippen MR) is 41.4 cm³/mol. The zero-order valence-electron chi connectivity index (χ0n) is 5.95. The van der Waals surface area contributed by atoms with Gasteiger partial charge in [0.25, 0.3) is 0 Å². The fourth-order valence-corrected chi connectivity index (χ4v) is 0.449. The van der Waals surface area contributed by atoms with E-state index in [2.05, 4.69) is 19.7 Å². The molecule has 0 rings (SSSR count). The molecule has 56 valence electrons. The van der Waals surface area contributed by atoms with E-state index in [0.29, 0.717) is 6.61 Å². The first-order chi connectivity index (χ1) is 4.85. The zero-order valence-corrected chi connectivity index (χ0v) is 5.95. The van der Waals surface area contributed by atoms with Crippen molar-refractivity contribution < 1.29 is 9.47 Å². The standard InChI is InChI=1S/C8H12O2/c1-4-8(10-6-3)7-9-5-2/h4-6,8H,1-3,7H2. The molecular formula is C8H12O2. The SMILES string of the molecule is C=COCC(C=C)OC=C. The highest BCUT2D eigenvalue weighted by molar-refractivity contribution is 4.81. The lowest BCUT2D eigenvalue weighted by atomic mass is 10.4. The first kappa shape index (κ1) is 8.82. The van der Waals surface area contributed by atoms with Crippen molar-refractivity contribution in [2.75, 3.05) is 6.61 Å². The molecule has 0 aliphatic heterocycles. The summed E-state index contributed by atoms with van der Waals surface area (Å²) in [6, 6.07) is 0. The molecule has 2 nitrogen and oxygen atoms in total. The van der Waals surface area contributed by atoms with Crippen LogP contribution in [0.25, 0.3) is 0 Å². The third kappa shape index (κ3) is 3.78. The number of ether oxygens (including phenoxy) is 2. The van der Waals surface area contributed by atoms with Gasteiger partial charge in [-0.15, -0.1) is 0 Å². The highest BCUT2D eigenvalue weighted by Gasteiger charge is 1.99. The van der Waals surface area contributed by atoms with Gasteiger partial charge in [-0.1, -0.05) is 19.7 Å². The molecule has 0 saturated heterocycles. The minimum Gasteiger partial charge on any atom is -0.498 e. The molecule has 0 radical (unpaired) electrons. The van der Waals surface area contributed by atoms with E-state index in [1.807, 2.05) is 0 Å². The Morgan fingerprint density at radius 3 is 2.30 bits per heavy atom. The summed E-state index contributed by atoms with van der Waals surface area (Å²) in [6.45, 7) is 10.8. The van der Waals surface area contributed by atoms with Crippen LogP contribution in [0.1, 0.15) is 0 Å². The maximum atomic E-state index is 4.97. The lowest BCUT2D eigenvalue weighted by Crippen LogP contribution is -2.12. The minimum atomic E-state index is -0.129. The van der Waals surface area contributed by atoms with Crippen LogP contribution in [0.3, 0.4) is 0 Å². The summed E-state index contributed by atoms with van der Waals surface area (Å²) < 4.78 is 9.83. The van der Waals surface area contributed by atoms with Crippen LogP contribution in [0.5, 0.6) is 0 Å². The fraction of sp³-hybridized carbons (Fsp3) is 0.250. The van der Waals surface area contributed by atoms with Crippen LogP contribution < -0.4 is 0 Å². The largest absolute Gasteiger partial charge is 0.498 e. The Labute approximate surface area is 61.5 Å². The number of hydrogen-bond donors (Lipinski definition) is 0. The molecule has 1 atom stereocenters. The molecule has 0 spiro atoms. The van der Waals surface area contributed by atoms with E-state index >= 15 is 0 Å². The second-order valence-corrected chi connectivity index (χ2v) is 1.58. The maximum Gasteiger partial charge on any atom is 0.149 e. The van der Waals surface area contributed by atoms with Crippen molar-refractivity contribution in [3.63, 3.8) is 0 Å². The molecule has 10 heavy (non-hydrogen) atoms. The van der Waals surface area contributed by atoms with Crippen LogP contribution in [0, 0.1) is 0 Å². The quantitative estimate of drug-likeness (QED) is 0.414. The Morgan fingerprint density at radius 2 is 1.90 bits per heavy atom. The van der Waals surface area contributed by atoms with Crippen LogP contribution in [0.4, 0.5) is 0 Å². The summed E-state index contributed by atoms with van der Waals surface area (Å²) in [6.07, 6.45) is 4.24. The Kier molecular flexibility index (Phi) is 5.25. The van der Waals surface area contributed by atoms with Gasteiger partial charge in [-0.2, -0.15) is 0 Å². The second-order valence-electron chi connectivity index (χ2n) is 1.58. The Bertz CT molecular complexity index is 118. The molecule has 0 aromatic carbocycles. The van der Waals surface area contributed by atoms with E-state index < -0.39 is 0 Å². The molecule has 1 unspecified atom stereocenters. The first-order valence-corrected chi connectivity index (χ1v) is 2.96. The van der Waals surface area contributed by atoms with Crippen LogP contribution in [-0.4, -0.2) is 12.7 Å². The van der Waals surface area contributed by atoms with E-state index in [4.69, 9.17) is 9.47 Å². The molecule has 0 bridgehead atoms. The van der Waals surface area contributed by atoms with Gasteiger partial charge in [-0.25, -0.2) is 0 Å². The maximum absolute atomic E-state index is 4.97. The van der Waals surface area contributed by atoms with Gasteiger partial charge >= 0.3 is 0 Å². The molecule has 2 heteroatoms. The van der Waals surface area contributed by atoms with Crippen molar-refractivity contribution in [3.05, 3.63) is 38.3 Å². The van der Waals surface area contributed by atoms with Gasteiger partial charge in [0.1, 0.15) is 12.7 Å². The van der Waals surface area contributed by atoms with Crippen molar-refractivity contribution in [2.24, 2.45) is 0 Å². The highest BCUT2D eigenvalue weighted by atomic mass is 16.5. The molecule has 0 aliphatic rings. The molecule has 0 fully saturated rings. The summed E-state index contributed by atoms with van der Waals surface area (Å²) in [5.41, 5.74) is 0. The lowest BCUT2D eigenvalue weighted by Gasteiger charge is -2.10. The summed E-state index contributed by atoms with van der Waals surface area (Å²) in [5, 5.41) is 0. The number of hydrogen-bond acceptors (Lipinski definition) is 2. The van der Waals surface area contributed by atoms with Crippen molar-refractivity contribution in [2.45, 2.75) is 6.10 Å². The van der Waals surface area contributed by atoms with Crippen LogP contribution >= 0.6 is 0 Å². The third-order valence-corrected chi connectivity index (χ3v) is 0.912. The van der Waals surface area contributed by atoms with Gasteiger partial charge in [0.15, 0.2) is 0 Å². The van der Waals surface area contributed by atoms with Crippen LogP contribution in [0.15, 0.2) is 38.3 Å². The molecule has 0 saturated carbocycles. The molecule has 0 heterocycles. The van der Waals surface area contributed by atoms with E-state index in [1.165, 1.54) is 12.5 Å². The summed E-state index contributed by atoms with van der Waals surface area (Å²) in [7, 11) is 0. The summed E-state index contributed by atoms with van der Waals surface area (Å²) in [4.78, 5) is 0. The van der Waals surface area contributed by atoms with Crippen molar-refractivity contribution in [3.8, 4) is 0 Å². The molecule has 0 amide bonds. The average Bonchev–Trinajstić information content (AvgIpc) is 1.98. The van der Waals surface area contributed by atoms with Crippen LogP contribution in [-0.2, 0) is 9.47 Å². The zero-order chi connectivity index (χ0) is 7.82. The molecule has 0 aromatic rings. The van der Waals surface area contributed by atoms with Crippen molar-refractivity contribution >= 4 is 0 Å². The van der Waals surface area contributed by atoms with Crippen LogP contribution in [0.2, 0.25) is 0 Å². The van der Waals surface area contributed by atoms with E-state index in [0.717, 1.165) is 0 Å². The fourth-order valence-electron chi connectivity index (χ4n) is 0.449. The Balaban J connectivity index is 3.47. The molecule has 0 aliphatic carbocycles. The van der Waals surface area contributed by atoms with Crippen molar-refractivity contribution in [1.82, 2.24) is 0 Å². The van der Waals surface area contributed by atoms with E-state index in [9.17, 15) is 0 Å². The van der Waals surface area contributed by atoms with E-state index in [1.54, 1.807) is 6.08 Å². The van der Waals surface area contributed by atoms with Gasteiger partial charge in [-0.3, -0.25) is 0 Å². The third-order valence-electron chi connectivity index (χ3n) is 0.912. The minimum absolute atomic E-state index is 0.129.